The first-order valence-electron chi connectivity index (χ1n) is 13.3. The van der Waals surface area contributed by atoms with Crippen LogP contribution in [0.1, 0.15) is 5.82 Å². The number of rotatable bonds is 11. The lowest BCUT2D eigenvalue weighted by Gasteiger charge is -2.12. The third-order valence-corrected chi connectivity index (χ3v) is 9.29. The average molecular weight is 752 g/mol. The molecule has 0 aliphatic rings. The first-order chi connectivity index (χ1) is 22.9. The number of azo groups is 1. The van der Waals surface area contributed by atoms with E-state index in [0.717, 1.165) is 24.3 Å². The van der Waals surface area contributed by atoms with Crippen molar-refractivity contribution in [1.82, 2.24) is 15.0 Å². The number of nitrogens with zero attached hydrogens (tertiary/aromatic N) is 5. The summed E-state index contributed by atoms with van der Waals surface area (Å²) in [4.78, 5) is 10.3. The number of halogens is 1. The van der Waals surface area contributed by atoms with Crippen LogP contribution in [0, 0.1) is 0 Å². The fraction of sp³-hybridized carbons (Fsp3) is 0.0741. The molecular weight excluding hydrogens is 730 g/mol. The summed E-state index contributed by atoms with van der Waals surface area (Å²) in [7, 11) is -13.1. The van der Waals surface area contributed by atoms with E-state index in [9.17, 15) is 44.0 Å². The second kappa shape index (κ2) is 13.5. The normalized spacial score (nSPS) is 12.3. The third-order valence-electron chi connectivity index (χ3n) is 6.52. The number of methoxy groups -OCH3 is 1. The highest BCUT2D eigenvalue weighted by atomic mass is 35.5. The number of benzene rings is 4. The smallest absolute Gasteiger partial charge is 0.296 e. The van der Waals surface area contributed by atoms with Crippen molar-refractivity contribution in [2.75, 3.05) is 17.7 Å². The maximum atomic E-state index is 12.3. The highest BCUT2D eigenvalue weighted by Crippen LogP contribution is 2.42. The minimum atomic E-state index is -5.03. The number of hydrogen-bond donors (Lipinski definition) is 6. The van der Waals surface area contributed by atoms with E-state index in [1.165, 1.54) is 49.6 Å². The molecule has 49 heavy (non-hydrogen) atoms. The Morgan fingerprint density at radius 3 is 2.20 bits per heavy atom. The number of fused-ring (bicyclic) bond motifs is 1. The lowest BCUT2D eigenvalue weighted by molar-refractivity contribution is 0.412. The molecule has 0 amide bonds. The van der Waals surface area contributed by atoms with E-state index in [4.69, 9.17) is 16.3 Å². The second-order valence-corrected chi connectivity index (χ2v) is 14.4. The number of ether oxygens (including phenoxy) is 1. The zero-order valence-corrected chi connectivity index (χ0v) is 27.7. The number of phenolic OH excluding ortho intramolecular Hbond substituents is 1. The molecule has 0 aliphatic heterocycles. The molecule has 0 spiro atoms. The van der Waals surface area contributed by atoms with Crippen LogP contribution in [0.2, 0.25) is 5.28 Å². The Morgan fingerprint density at radius 2 is 1.53 bits per heavy atom. The fourth-order valence-electron chi connectivity index (χ4n) is 4.34. The van der Waals surface area contributed by atoms with Gasteiger partial charge >= 0.3 is 0 Å². The van der Waals surface area contributed by atoms with Crippen LogP contribution in [0.5, 0.6) is 11.5 Å². The van der Waals surface area contributed by atoms with E-state index < -0.39 is 57.3 Å². The van der Waals surface area contributed by atoms with E-state index in [1.54, 1.807) is 0 Å². The Bertz CT molecular complexity index is 2480. The van der Waals surface area contributed by atoms with Gasteiger partial charge in [0.15, 0.2) is 11.6 Å². The van der Waals surface area contributed by atoms with Gasteiger partial charge in [0.2, 0.25) is 11.2 Å². The van der Waals surface area contributed by atoms with Gasteiger partial charge in [-0.15, -0.1) is 10.2 Å². The molecule has 5 aromatic rings. The number of aromatic nitrogens is 3. The zero-order chi connectivity index (χ0) is 35.7. The molecule has 0 radical (unpaired) electrons. The molecule has 256 valence electrons. The van der Waals surface area contributed by atoms with Crippen LogP contribution in [0.15, 0.2) is 91.6 Å². The predicted octanol–water partition coefficient (Wildman–Crippen LogP) is 4.90. The van der Waals surface area contributed by atoms with E-state index in [1.807, 2.05) is 0 Å². The first kappa shape index (κ1) is 35.3. The van der Waals surface area contributed by atoms with E-state index in [2.05, 4.69) is 35.8 Å². The van der Waals surface area contributed by atoms with Crippen LogP contribution in [-0.4, -0.2) is 66.1 Å². The molecule has 22 heteroatoms. The van der Waals surface area contributed by atoms with Gasteiger partial charge in [-0.25, -0.2) is 4.98 Å². The maximum absolute atomic E-state index is 12.3. The SMILES string of the molecule is COc1ccc(N=Nc2c(S(=O)(=O)O)cc3cc(NCc4nc(Cl)nc(Nc5cccc(S(=O)(=O)O)c5)n4)ccc3c2O)c(S(=O)(=O)O)c1. The summed E-state index contributed by atoms with van der Waals surface area (Å²) in [5, 5.41) is 24.1. The number of nitrogens with one attached hydrogen (secondary N) is 2. The lowest BCUT2D eigenvalue weighted by atomic mass is 10.1. The molecular formula is C27H22ClN7O11S3. The van der Waals surface area contributed by atoms with Crippen molar-refractivity contribution < 1.29 is 48.8 Å². The molecule has 0 atom stereocenters. The number of aromatic hydroxyl groups is 1. The first-order valence-corrected chi connectivity index (χ1v) is 18.0. The Kier molecular flexibility index (Phi) is 9.70. The molecule has 5 rings (SSSR count). The van der Waals surface area contributed by atoms with Crippen LogP contribution in [0.3, 0.4) is 0 Å². The standard InChI is InChI=1S/C27H22ClN7O11S3/c1-46-17-6-8-20(21(12-17)48(40,41)42)34-35-24-22(49(43,44)45)10-14-9-15(5-7-19(14)25(24)36)29-13-23-31-26(28)33-27(32-23)30-16-3-2-4-18(11-16)47(37,38)39/h2-12,29,36H,13H2,1H3,(H,37,38,39)(H,40,41,42)(H,43,44,45)(H,30,31,32,33). The zero-order valence-electron chi connectivity index (χ0n) is 24.5. The molecule has 6 N–H and O–H groups in total. The van der Waals surface area contributed by atoms with Crippen molar-refractivity contribution in [2.24, 2.45) is 10.2 Å². The molecule has 1 aromatic heterocycles. The van der Waals surface area contributed by atoms with Crippen LogP contribution >= 0.6 is 11.6 Å². The van der Waals surface area contributed by atoms with Crippen molar-refractivity contribution in [3.05, 3.63) is 77.8 Å². The van der Waals surface area contributed by atoms with Crippen LogP contribution in [0.4, 0.5) is 28.7 Å². The third kappa shape index (κ3) is 8.34. The summed E-state index contributed by atoms with van der Waals surface area (Å²) in [6.45, 7) is -0.0606. The van der Waals surface area contributed by atoms with Crippen molar-refractivity contribution >= 4 is 81.4 Å². The molecule has 0 fully saturated rings. The van der Waals surface area contributed by atoms with Crippen molar-refractivity contribution in [3.63, 3.8) is 0 Å². The van der Waals surface area contributed by atoms with Crippen LogP contribution < -0.4 is 15.4 Å². The number of anilines is 3. The fourth-order valence-corrected chi connectivity index (χ4v) is 6.34. The summed E-state index contributed by atoms with van der Waals surface area (Å²) < 4.78 is 105. The second-order valence-electron chi connectivity index (χ2n) is 9.82. The maximum Gasteiger partial charge on any atom is 0.296 e. The van der Waals surface area contributed by atoms with Gasteiger partial charge in [-0.1, -0.05) is 6.07 Å². The largest absolute Gasteiger partial charge is 0.505 e. The summed E-state index contributed by atoms with van der Waals surface area (Å²) >= 11 is 6.04. The molecule has 0 saturated carbocycles. The quantitative estimate of drug-likeness (QED) is 0.0772. The van der Waals surface area contributed by atoms with E-state index >= 15 is 0 Å². The molecule has 0 unspecified atom stereocenters. The molecule has 1 heterocycles. The van der Waals surface area contributed by atoms with E-state index in [0.29, 0.717) is 5.69 Å². The Hall–Kier alpha value is -5.03. The van der Waals surface area contributed by atoms with Gasteiger partial charge < -0.3 is 20.5 Å². The Balaban J connectivity index is 1.44. The molecule has 18 nitrogen and oxygen atoms in total. The summed E-state index contributed by atoms with van der Waals surface area (Å²) in [6, 6.07) is 13.9. The molecule has 0 aliphatic carbocycles. The summed E-state index contributed by atoms with van der Waals surface area (Å²) in [5.74, 6) is -0.595. The van der Waals surface area contributed by atoms with Gasteiger partial charge in [-0.05, 0) is 71.6 Å². The molecule has 0 bridgehead atoms. The average Bonchev–Trinajstić information content (AvgIpc) is 3.01. The Morgan fingerprint density at radius 1 is 0.796 bits per heavy atom. The molecule has 4 aromatic carbocycles. The van der Waals surface area contributed by atoms with Gasteiger partial charge in [0.05, 0.1) is 18.6 Å². The van der Waals surface area contributed by atoms with Crippen LogP contribution in [-0.2, 0) is 36.9 Å². The topological polar surface area (TPSA) is 280 Å². The highest BCUT2D eigenvalue weighted by Gasteiger charge is 2.23. The van der Waals surface area contributed by atoms with Gasteiger partial charge in [0.25, 0.3) is 30.4 Å². The number of phenols is 1. The monoisotopic (exact) mass is 751 g/mol. The van der Waals surface area contributed by atoms with Gasteiger partial charge in [-0.2, -0.15) is 35.2 Å². The Labute approximate surface area is 282 Å². The van der Waals surface area contributed by atoms with Gasteiger partial charge in [0.1, 0.15) is 26.9 Å². The minimum absolute atomic E-state index is 0.0504. The minimum Gasteiger partial charge on any atom is -0.505 e. The van der Waals surface area contributed by atoms with Crippen molar-refractivity contribution in [3.8, 4) is 11.5 Å². The predicted molar refractivity (Wildman–Crippen MR) is 174 cm³/mol. The summed E-state index contributed by atoms with van der Waals surface area (Å²) in [5.41, 5.74) is -0.547. The summed E-state index contributed by atoms with van der Waals surface area (Å²) in [6.07, 6.45) is 0. The highest BCUT2D eigenvalue weighted by molar-refractivity contribution is 7.86. The lowest BCUT2D eigenvalue weighted by Crippen LogP contribution is -2.08. The van der Waals surface area contributed by atoms with Gasteiger partial charge in [0, 0.05) is 22.8 Å². The van der Waals surface area contributed by atoms with Crippen LogP contribution in [0.25, 0.3) is 10.8 Å². The molecule has 0 saturated heterocycles. The van der Waals surface area contributed by atoms with E-state index in [-0.39, 0.29) is 50.7 Å². The van der Waals surface area contributed by atoms with Crippen molar-refractivity contribution in [2.45, 2.75) is 21.2 Å². The van der Waals surface area contributed by atoms with Crippen molar-refractivity contribution in [1.29, 1.82) is 0 Å². The number of hydrogen-bond acceptors (Lipinski definition) is 15. The van der Waals surface area contributed by atoms with Gasteiger partial charge in [-0.3, -0.25) is 13.7 Å².